The predicted octanol–water partition coefficient (Wildman–Crippen LogP) is 3.24. The molecule has 0 heterocycles. The van der Waals surface area contributed by atoms with Crippen molar-refractivity contribution in [2.45, 2.75) is 53.0 Å². The molecule has 0 amide bonds. The van der Waals surface area contributed by atoms with Gasteiger partial charge in [-0.3, -0.25) is 4.99 Å². The first-order chi connectivity index (χ1) is 9.35. The van der Waals surface area contributed by atoms with E-state index in [4.69, 9.17) is 4.99 Å². The lowest BCUT2D eigenvalue weighted by molar-refractivity contribution is 0.536. The van der Waals surface area contributed by atoms with E-state index >= 15 is 0 Å². The Morgan fingerprint density at radius 3 is 2.30 bits per heavy atom. The summed E-state index contributed by atoms with van der Waals surface area (Å²) in [6.07, 6.45) is 0. The van der Waals surface area contributed by atoms with Gasteiger partial charge in [0.05, 0.1) is 6.54 Å². The summed E-state index contributed by atoms with van der Waals surface area (Å²) in [6, 6.07) is 9.12. The molecule has 2 N–H and O–H groups in total. The molecule has 20 heavy (non-hydrogen) atoms. The topological polar surface area (TPSA) is 36.4 Å². The summed E-state index contributed by atoms with van der Waals surface area (Å²) >= 11 is 0. The second-order valence-corrected chi connectivity index (χ2v) is 6.24. The monoisotopic (exact) mass is 275 g/mol. The van der Waals surface area contributed by atoms with Crippen LogP contribution in [0.15, 0.2) is 29.3 Å². The van der Waals surface area contributed by atoms with Crippen molar-refractivity contribution in [2.75, 3.05) is 13.1 Å². The van der Waals surface area contributed by atoms with Gasteiger partial charge in [0, 0.05) is 18.0 Å². The normalized spacial score (nSPS) is 12.7. The van der Waals surface area contributed by atoms with Crippen LogP contribution in [0.4, 0.5) is 0 Å². The van der Waals surface area contributed by atoms with E-state index in [0.717, 1.165) is 19.0 Å². The zero-order chi connectivity index (χ0) is 15.2. The van der Waals surface area contributed by atoms with Crippen LogP contribution < -0.4 is 10.6 Å². The van der Waals surface area contributed by atoms with Crippen LogP contribution in [0.25, 0.3) is 0 Å². The number of aliphatic imine (C=N–C) groups is 1. The van der Waals surface area contributed by atoms with Crippen molar-refractivity contribution >= 4 is 5.96 Å². The largest absolute Gasteiger partial charge is 0.357 e. The molecule has 0 unspecified atom stereocenters. The summed E-state index contributed by atoms with van der Waals surface area (Å²) in [4.78, 5) is 4.72. The van der Waals surface area contributed by atoms with Crippen LogP contribution in [0.2, 0.25) is 0 Å². The van der Waals surface area contributed by atoms with Crippen LogP contribution in [-0.2, 0) is 5.41 Å². The number of hydrogen-bond donors (Lipinski definition) is 2. The van der Waals surface area contributed by atoms with Gasteiger partial charge in [0.1, 0.15) is 0 Å². The molecule has 3 heteroatoms. The summed E-state index contributed by atoms with van der Waals surface area (Å²) < 4.78 is 0. The average Bonchev–Trinajstić information content (AvgIpc) is 2.36. The zero-order valence-corrected chi connectivity index (χ0v) is 13.7. The van der Waals surface area contributed by atoms with E-state index in [2.05, 4.69) is 76.4 Å². The predicted molar refractivity (Wildman–Crippen MR) is 88.5 cm³/mol. The zero-order valence-electron chi connectivity index (χ0n) is 13.7. The third-order valence-corrected chi connectivity index (χ3v) is 3.24. The Kier molecular flexibility index (Phi) is 6.05. The van der Waals surface area contributed by atoms with E-state index in [1.807, 2.05) is 0 Å². The first-order valence-electron chi connectivity index (χ1n) is 7.47. The minimum absolute atomic E-state index is 0.0348. The second kappa shape index (κ2) is 7.32. The molecule has 1 rings (SSSR count). The molecule has 0 saturated carbocycles. The third-order valence-electron chi connectivity index (χ3n) is 3.24. The summed E-state index contributed by atoms with van der Waals surface area (Å²) in [5, 5.41) is 6.64. The van der Waals surface area contributed by atoms with Gasteiger partial charge in [0.25, 0.3) is 0 Å². The molecule has 0 saturated heterocycles. The Bertz CT molecular complexity index is 430. The number of benzene rings is 1. The van der Waals surface area contributed by atoms with Crippen LogP contribution in [0, 0.1) is 6.92 Å². The molecule has 0 aliphatic rings. The molecule has 0 bridgehead atoms. The molecule has 0 aromatic heterocycles. The lowest BCUT2D eigenvalue weighted by atomic mass is 9.84. The molecule has 1 aromatic carbocycles. The first kappa shape index (κ1) is 16.5. The smallest absolute Gasteiger partial charge is 0.191 e. The highest BCUT2D eigenvalue weighted by Gasteiger charge is 2.20. The summed E-state index contributed by atoms with van der Waals surface area (Å²) in [5.74, 6) is 0.891. The van der Waals surface area contributed by atoms with Gasteiger partial charge in [0.2, 0.25) is 0 Å². The Morgan fingerprint density at radius 1 is 1.20 bits per heavy atom. The van der Waals surface area contributed by atoms with Crippen molar-refractivity contribution in [1.29, 1.82) is 0 Å². The molecule has 112 valence electrons. The van der Waals surface area contributed by atoms with Gasteiger partial charge in [-0.15, -0.1) is 0 Å². The third kappa shape index (κ3) is 5.24. The highest BCUT2D eigenvalue weighted by molar-refractivity contribution is 5.80. The van der Waals surface area contributed by atoms with Gasteiger partial charge >= 0.3 is 0 Å². The maximum Gasteiger partial charge on any atom is 0.191 e. The van der Waals surface area contributed by atoms with E-state index in [-0.39, 0.29) is 5.41 Å². The van der Waals surface area contributed by atoms with E-state index in [0.29, 0.717) is 6.04 Å². The number of hydrogen-bond acceptors (Lipinski definition) is 1. The van der Waals surface area contributed by atoms with E-state index < -0.39 is 0 Å². The maximum absolute atomic E-state index is 4.72. The van der Waals surface area contributed by atoms with E-state index in [1.165, 1.54) is 11.1 Å². The number of nitrogens with one attached hydrogen (secondary N) is 2. The van der Waals surface area contributed by atoms with Crippen LogP contribution in [0.1, 0.15) is 45.7 Å². The summed E-state index contributed by atoms with van der Waals surface area (Å²) in [7, 11) is 0. The van der Waals surface area contributed by atoms with E-state index in [1.54, 1.807) is 0 Å². The number of aryl methyl sites for hydroxylation is 1. The van der Waals surface area contributed by atoms with Crippen molar-refractivity contribution in [3.8, 4) is 0 Å². The molecule has 0 radical (unpaired) electrons. The lowest BCUT2D eigenvalue weighted by Crippen LogP contribution is -2.41. The average molecular weight is 275 g/mol. The molecule has 0 fully saturated rings. The van der Waals surface area contributed by atoms with Gasteiger partial charge in [-0.05, 0) is 33.3 Å². The molecule has 1 aromatic rings. The molecule has 3 nitrogen and oxygen atoms in total. The highest BCUT2D eigenvalue weighted by atomic mass is 15.2. The highest BCUT2D eigenvalue weighted by Crippen LogP contribution is 2.23. The minimum Gasteiger partial charge on any atom is -0.357 e. The standard InChI is InChI=1S/C17H29N3/c1-7-18-16(20-13(2)3)19-12-17(5,6)15-10-8-14(4)9-11-15/h8-11,13H,7,12H2,1-6H3,(H2,18,19,20). The van der Waals surface area contributed by atoms with Crippen LogP contribution >= 0.6 is 0 Å². The molecule has 0 atom stereocenters. The summed E-state index contributed by atoms with van der Waals surface area (Å²) in [6.45, 7) is 14.6. The van der Waals surface area contributed by atoms with Crippen LogP contribution in [0.3, 0.4) is 0 Å². The molecule has 0 aliphatic heterocycles. The number of guanidine groups is 1. The minimum atomic E-state index is 0.0348. The van der Waals surface area contributed by atoms with Gasteiger partial charge in [0.15, 0.2) is 5.96 Å². The van der Waals surface area contributed by atoms with Crippen molar-refractivity contribution in [3.05, 3.63) is 35.4 Å². The second-order valence-electron chi connectivity index (χ2n) is 6.24. The van der Waals surface area contributed by atoms with Crippen LogP contribution in [-0.4, -0.2) is 25.1 Å². The van der Waals surface area contributed by atoms with E-state index in [9.17, 15) is 0 Å². The van der Waals surface area contributed by atoms with Gasteiger partial charge in [-0.1, -0.05) is 43.7 Å². The molecular formula is C17H29N3. The van der Waals surface area contributed by atoms with Crippen molar-refractivity contribution in [3.63, 3.8) is 0 Å². The van der Waals surface area contributed by atoms with Crippen LogP contribution in [0.5, 0.6) is 0 Å². The van der Waals surface area contributed by atoms with Gasteiger partial charge < -0.3 is 10.6 Å². The lowest BCUT2D eigenvalue weighted by Gasteiger charge is -2.24. The fourth-order valence-corrected chi connectivity index (χ4v) is 1.97. The maximum atomic E-state index is 4.72. The fourth-order valence-electron chi connectivity index (χ4n) is 1.97. The van der Waals surface area contributed by atoms with Crippen molar-refractivity contribution in [1.82, 2.24) is 10.6 Å². The Morgan fingerprint density at radius 2 is 1.80 bits per heavy atom. The Hall–Kier alpha value is -1.51. The van der Waals surface area contributed by atoms with Crippen molar-refractivity contribution in [2.24, 2.45) is 4.99 Å². The summed E-state index contributed by atoms with van der Waals surface area (Å²) in [5.41, 5.74) is 2.66. The molecular weight excluding hydrogens is 246 g/mol. The Balaban J connectivity index is 2.79. The van der Waals surface area contributed by atoms with Crippen molar-refractivity contribution < 1.29 is 0 Å². The quantitative estimate of drug-likeness (QED) is 0.639. The number of nitrogens with zero attached hydrogens (tertiary/aromatic N) is 1. The van der Waals surface area contributed by atoms with Gasteiger partial charge in [-0.25, -0.2) is 0 Å². The van der Waals surface area contributed by atoms with Gasteiger partial charge in [-0.2, -0.15) is 0 Å². The first-order valence-corrected chi connectivity index (χ1v) is 7.47. The molecule has 0 aliphatic carbocycles. The SMILES string of the molecule is CCNC(=NCC(C)(C)c1ccc(C)cc1)NC(C)C. The Labute approximate surface area is 123 Å². The molecule has 0 spiro atoms. The fraction of sp³-hybridized carbons (Fsp3) is 0.588. The number of rotatable bonds is 5.